The summed E-state index contributed by atoms with van der Waals surface area (Å²) in [6.45, 7) is 10.1. The minimum atomic E-state index is -0.199. The van der Waals surface area contributed by atoms with Crippen molar-refractivity contribution in [3.63, 3.8) is 0 Å². The van der Waals surface area contributed by atoms with E-state index >= 15 is 0 Å². The third-order valence-corrected chi connectivity index (χ3v) is 3.66. The number of hydrogen-bond donors (Lipinski definition) is 2. The molecule has 0 unspecified atom stereocenters. The first-order chi connectivity index (χ1) is 8.40. The molecule has 0 aliphatic heterocycles. The Hall–Kier alpha value is -1.08. The number of carbonyl (C=O) groups excluding carboxylic acids is 1. The Balaban J connectivity index is 2.37. The molecule has 2 N–H and O–H groups in total. The van der Waals surface area contributed by atoms with Gasteiger partial charge in [0.2, 0.25) is 11.0 Å². The van der Waals surface area contributed by atoms with Crippen molar-refractivity contribution in [3.8, 4) is 0 Å². The molecular formula is C11H18N4OS2. The lowest BCUT2D eigenvalue weighted by Crippen LogP contribution is -2.41. The Kier molecular flexibility index (Phi) is 5.61. The summed E-state index contributed by atoms with van der Waals surface area (Å²) in [4.78, 5) is 11.6. The molecule has 18 heavy (non-hydrogen) atoms. The van der Waals surface area contributed by atoms with E-state index < -0.39 is 0 Å². The molecule has 0 saturated carbocycles. The van der Waals surface area contributed by atoms with Gasteiger partial charge in [-0.3, -0.25) is 4.79 Å². The van der Waals surface area contributed by atoms with E-state index in [0.717, 1.165) is 9.47 Å². The number of aromatic nitrogens is 2. The molecule has 5 nitrogen and oxygen atoms in total. The highest BCUT2D eigenvalue weighted by atomic mass is 32.2. The minimum Gasteiger partial charge on any atom is -0.357 e. The Morgan fingerprint density at radius 3 is 2.83 bits per heavy atom. The zero-order valence-corrected chi connectivity index (χ0v) is 12.5. The molecule has 0 radical (unpaired) electrons. The van der Waals surface area contributed by atoms with Crippen LogP contribution >= 0.6 is 23.1 Å². The summed E-state index contributed by atoms with van der Waals surface area (Å²) in [5.41, 5.74) is -0.199. The number of nitrogens with one attached hydrogen (secondary N) is 2. The number of anilines is 1. The summed E-state index contributed by atoms with van der Waals surface area (Å²) in [5, 5.41) is 14.7. The maximum absolute atomic E-state index is 11.6. The lowest BCUT2D eigenvalue weighted by atomic mass is 10.1. The molecule has 0 atom stereocenters. The van der Waals surface area contributed by atoms with E-state index in [4.69, 9.17) is 0 Å². The lowest BCUT2D eigenvalue weighted by Gasteiger charge is -2.19. The van der Waals surface area contributed by atoms with Crippen molar-refractivity contribution in [2.45, 2.75) is 30.6 Å². The van der Waals surface area contributed by atoms with E-state index in [-0.39, 0.29) is 11.4 Å². The number of amides is 1. The first-order valence-electron chi connectivity index (χ1n) is 5.53. The first kappa shape index (κ1) is 15.0. The van der Waals surface area contributed by atoms with E-state index in [1.807, 2.05) is 20.8 Å². The maximum Gasteiger partial charge on any atom is 0.230 e. The Labute approximate surface area is 115 Å². The molecule has 100 valence electrons. The fourth-order valence-corrected chi connectivity index (χ4v) is 2.64. The normalized spacial score (nSPS) is 11.1. The topological polar surface area (TPSA) is 66.9 Å². The van der Waals surface area contributed by atoms with Crippen LogP contribution in [0.25, 0.3) is 0 Å². The summed E-state index contributed by atoms with van der Waals surface area (Å²) in [5.74, 6) is 0.358. The van der Waals surface area contributed by atoms with Crippen LogP contribution in [0, 0.1) is 0 Å². The molecule has 0 saturated heterocycles. The van der Waals surface area contributed by atoms with Crippen LogP contribution < -0.4 is 10.6 Å². The Morgan fingerprint density at radius 2 is 2.22 bits per heavy atom. The fraction of sp³-hybridized carbons (Fsp3) is 0.545. The van der Waals surface area contributed by atoms with Crippen molar-refractivity contribution in [1.29, 1.82) is 0 Å². The zero-order valence-electron chi connectivity index (χ0n) is 10.8. The summed E-state index contributed by atoms with van der Waals surface area (Å²) in [7, 11) is 0. The third kappa shape index (κ3) is 6.02. The Bertz CT molecular complexity index is 411. The van der Waals surface area contributed by atoms with E-state index in [9.17, 15) is 4.79 Å². The van der Waals surface area contributed by atoms with Crippen molar-refractivity contribution in [2.75, 3.05) is 17.6 Å². The monoisotopic (exact) mass is 286 g/mol. The third-order valence-electron chi connectivity index (χ3n) is 1.65. The molecular weight excluding hydrogens is 268 g/mol. The summed E-state index contributed by atoms with van der Waals surface area (Å²) >= 11 is 2.83. The molecule has 1 amide bonds. The summed E-state index contributed by atoms with van der Waals surface area (Å²) in [6.07, 6.45) is 1.75. The highest BCUT2D eigenvalue weighted by molar-refractivity contribution is 8.01. The van der Waals surface area contributed by atoms with Crippen LogP contribution in [0.2, 0.25) is 0 Å². The number of carbonyl (C=O) groups is 1. The van der Waals surface area contributed by atoms with E-state index in [1.54, 1.807) is 6.08 Å². The number of rotatable bonds is 6. The molecule has 0 spiro atoms. The molecule has 1 heterocycles. The Morgan fingerprint density at radius 1 is 1.50 bits per heavy atom. The molecule has 0 fully saturated rings. The summed E-state index contributed by atoms with van der Waals surface area (Å²) < 4.78 is 0.783. The largest absolute Gasteiger partial charge is 0.357 e. The number of nitrogens with zero attached hydrogens (tertiary/aromatic N) is 2. The maximum atomic E-state index is 11.6. The van der Waals surface area contributed by atoms with E-state index in [2.05, 4.69) is 27.4 Å². The fourth-order valence-electron chi connectivity index (χ4n) is 1.08. The van der Waals surface area contributed by atoms with Crippen molar-refractivity contribution in [2.24, 2.45) is 0 Å². The van der Waals surface area contributed by atoms with Gasteiger partial charge in [-0.2, -0.15) is 0 Å². The molecule has 1 aromatic rings. The van der Waals surface area contributed by atoms with Gasteiger partial charge in [0.25, 0.3) is 0 Å². The second-order valence-corrected chi connectivity index (χ2v) is 6.83. The van der Waals surface area contributed by atoms with E-state index in [0.29, 0.717) is 12.3 Å². The van der Waals surface area contributed by atoms with Crippen LogP contribution in [-0.4, -0.2) is 33.9 Å². The van der Waals surface area contributed by atoms with Crippen LogP contribution in [-0.2, 0) is 4.79 Å². The second kappa shape index (κ2) is 6.75. The van der Waals surface area contributed by atoms with Crippen molar-refractivity contribution in [1.82, 2.24) is 15.5 Å². The predicted octanol–water partition coefficient (Wildman–Crippen LogP) is 2.14. The molecule has 1 aromatic heterocycles. The van der Waals surface area contributed by atoms with Gasteiger partial charge in [0.05, 0.1) is 5.75 Å². The van der Waals surface area contributed by atoms with Crippen molar-refractivity contribution < 1.29 is 4.79 Å². The molecule has 7 heteroatoms. The van der Waals surface area contributed by atoms with Gasteiger partial charge < -0.3 is 10.6 Å². The van der Waals surface area contributed by atoms with Crippen molar-refractivity contribution >= 4 is 34.1 Å². The average Bonchev–Trinajstić information content (AvgIpc) is 2.69. The van der Waals surface area contributed by atoms with Crippen LogP contribution in [0.4, 0.5) is 5.13 Å². The smallest absolute Gasteiger partial charge is 0.230 e. The molecule has 0 aliphatic rings. The minimum absolute atomic E-state index is 0.00306. The van der Waals surface area contributed by atoms with Gasteiger partial charge in [-0.05, 0) is 20.8 Å². The standard InChI is InChI=1S/C11H18N4OS2/c1-5-6-12-9-14-15-10(18-9)17-7-8(16)13-11(2,3)4/h5H,1,6-7H2,2-4H3,(H,12,14)(H,13,16). The first-order valence-corrected chi connectivity index (χ1v) is 7.33. The SMILES string of the molecule is C=CCNc1nnc(SCC(=O)NC(C)(C)C)s1. The zero-order chi connectivity index (χ0) is 13.6. The van der Waals surface area contributed by atoms with Crippen LogP contribution in [0.1, 0.15) is 20.8 Å². The van der Waals surface area contributed by atoms with Gasteiger partial charge in [-0.1, -0.05) is 29.2 Å². The quantitative estimate of drug-likeness (QED) is 0.619. The lowest BCUT2D eigenvalue weighted by molar-refractivity contribution is -0.119. The van der Waals surface area contributed by atoms with Gasteiger partial charge in [0.1, 0.15) is 0 Å². The molecule has 0 aliphatic carbocycles. The van der Waals surface area contributed by atoms with Gasteiger partial charge in [-0.15, -0.1) is 16.8 Å². The average molecular weight is 286 g/mol. The summed E-state index contributed by atoms with van der Waals surface area (Å²) in [6, 6.07) is 0. The van der Waals surface area contributed by atoms with Gasteiger partial charge in [-0.25, -0.2) is 0 Å². The van der Waals surface area contributed by atoms with Crippen LogP contribution in [0.3, 0.4) is 0 Å². The molecule has 0 bridgehead atoms. The number of thioether (sulfide) groups is 1. The predicted molar refractivity (Wildman–Crippen MR) is 77.2 cm³/mol. The van der Waals surface area contributed by atoms with Crippen LogP contribution in [0.5, 0.6) is 0 Å². The van der Waals surface area contributed by atoms with Gasteiger partial charge in [0, 0.05) is 12.1 Å². The van der Waals surface area contributed by atoms with E-state index in [1.165, 1.54) is 23.1 Å². The highest BCUT2D eigenvalue weighted by Gasteiger charge is 2.14. The highest BCUT2D eigenvalue weighted by Crippen LogP contribution is 2.25. The van der Waals surface area contributed by atoms with Crippen LogP contribution in [0.15, 0.2) is 17.0 Å². The molecule has 0 aromatic carbocycles. The van der Waals surface area contributed by atoms with Gasteiger partial charge in [0.15, 0.2) is 4.34 Å². The molecule has 1 rings (SSSR count). The second-order valence-electron chi connectivity index (χ2n) is 4.63. The van der Waals surface area contributed by atoms with Crippen molar-refractivity contribution in [3.05, 3.63) is 12.7 Å². The number of hydrogen-bond acceptors (Lipinski definition) is 6. The van der Waals surface area contributed by atoms with Gasteiger partial charge >= 0.3 is 0 Å².